The molecule has 0 spiro atoms. The van der Waals surface area contributed by atoms with Crippen molar-refractivity contribution in [3.63, 3.8) is 0 Å². The quantitative estimate of drug-likeness (QED) is 0.849. The summed E-state index contributed by atoms with van der Waals surface area (Å²) in [7, 11) is 0. The van der Waals surface area contributed by atoms with Crippen molar-refractivity contribution in [3.8, 4) is 0 Å². The van der Waals surface area contributed by atoms with Gasteiger partial charge < -0.3 is 16.0 Å². The minimum Gasteiger partial charge on any atom is -0.368 e. The monoisotopic (exact) mass is 339 g/mol. The second-order valence-corrected chi connectivity index (χ2v) is 7.06. The van der Waals surface area contributed by atoms with Crippen molar-refractivity contribution in [1.29, 1.82) is 0 Å². The van der Waals surface area contributed by atoms with Crippen LogP contribution >= 0.6 is 0 Å². The number of nitrogens with one attached hydrogen (secondary N) is 1. The van der Waals surface area contributed by atoms with Crippen LogP contribution in [0.25, 0.3) is 0 Å². The maximum Gasteiger partial charge on any atom is 0.236 e. The van der Waals surface area contributed by atoms with E-state index in [1.807, 2.05) is 80.3 Å². The van der Waals surface area contributed by atoms with Gasteiger partial charge in [-0.3, -0.25) is 9.59 Å². The van der Waals surface area contributed by atoms with Crippen LogP contribution in [-0.4, -0.2) is 18.4 Å². The third kappa shape index (κ3) is 5.64. The number of amides is 2. The average molecular weight is 339 g/mol. The fourth-order valence-corrected chi connectivity index (χ4v) is 2.33. The Morgan fingerprint density at radius 1 is 1.04 bits per heavy atom. The van der Waals surface area contributed by atoms with Gasteiger partial charge in [0.1, 0.15) is 0 Å². The topological polar surface area (TPSA) is 75.4 Å². The molecule has 5 nitrogen and oxygen atoms in total. The van der Waals surface area contributed by atoms with Crippen LogP contribution in [0.4, 0.5) is 11.4 Å². The Morgan fingerprint density at radius 2 is 1.72 bits per heavy atom. The van der Waals surface area contributed by atoms with Crippen molar-refractivity contribution in [2.24, 2.45) is 11.1 Å². The molecule has 132 valence electrons. The summed E-state index contributed by atoms with van der Waals surface area (Å²) in [6.45, 7) is 6.24. The minimum absolute atomic E-state index is 0.0610. The Kier molecular flexibility index (Phi) is 5.80. The lowest BCUT2D eigenvalue weighted by molar-refractivity contribution is -0.123. The zero-order chi connectivity index (χ0) is 18.4. The second-order valence-electron chi connectivity index (χ2n) is 7.06. The van der Waals surface area contributed by atoms with Gasteiger partial charge in [-0.25, -0.2) is 0 Å². The standard InChI is InChI=1S/C20H25N3O2/c1-20(2,3)19(25)22-16-10-7-11-17(12-16)23(14-18(21)24)13-15-8-5-4-6-9-15/h4-12H,13-14H2,1-3H3,(H2,21,24)(H,22,25). The fraction of sp³-hybridized carbons (Fsp3) is 0.300. The van der Waals surface area contributed by atoms with Crippen molar-refractivity contribution in [2.45, 2.75) is 27.3 Å². The van der Waals surface area contributed by atoms with Gasteiger partial charge in [0.15, 0.2) is 0 Å². The number of nitrogens with two attached hydrogens (primary N) is 1. The number of benzene rings is 2. The summed E-state index contributed by atoms with van der Waals surface area (Å²) in [5, 5.41) is 2.91. The molecule has 5 heteroatoms. The van der Waals surface area contributed by atoms with Gasteiger partial charge in [-0.05, 0) is 23.8 Å². The zero-order valence-corrected chi connectivity index (χ0v) is 15.0. The van der Waals surface area contributed by atoms with E-state index in [0.29, 0.717) is 12.2 Å². The predicted molar refractivity (Wildman–Crippen MR) is 101 cm³/mol. The first kappa shape index (κ1) is 18.5. The summed E-state index contributed by atoms with van der Waals surface area (Å²) in [6, 6.07) is 17.3. The van der Waals surface area contributed by atoms with E-state index in [2.05, 4.69) is 5.32 Å². The Balaban J connectivity index is 2.23. The molecule has 0 fully saturated rings. The van der Waals surface area contributed by atoms with Gasteiger partial charge >= 0.3 is 0 Å². The Labute approximate surface area is 148 Å². The molecule has 0 saturated heterocycles. The smallest absolute Gasteiger partial charge is 0.236 e. The molecule has 0 unspecified atom stereocenters. The first-order valence-electron chi connectivity index (χ1n) is 8.24. The molecule has 2 aromatic carbocycles. The van der Waals surface area contributed by atoms with Crippen LogP contribution < -0.4 is 16.0 Å². The van der Waals surface area contributed by atoms with E-state index in [-0.39, 0.29) is 12.5 Å². The van der Waals surface area contributed by atoms with Crippen LogP contribution in [0, 0.1) is 5.41 Å². The van der Waals surface area contributed by atoms with Gasteiger partial charge in [0.25, 0.3) is 0 Å². The maximum absolute atomic E-state index is 12.2. The van der Waals surface area contributed by atoms with E-state index in [9.17, 15) is 9.59 Å². The number of carbonyl (C=O) groups is 2. The fourth-order valence-electron chi connectivity index (χ4n) is 2.33. The van der Waals surface area contributed by atoms with Crippen LogP contribution in [0.2, 0.25) is 0 Å². The Morgan fingerprint density at radius 3 is 2.32 bits per heavy atom. The summed E-state index contributed by atoms with van der Waals surface area (Å²) < 4.78 is 0. The number of anilines is 2. The molecule has 0 aromatic heterocycles. The van der Waals surface area contributed by atoms with Crippen molar-refractivity contribution >= 4 is 23.2 Å². The normalized spacial score (nSPS) is 11.0. The highest BCUT2D eigenvalue weighted by molar-refractivity contribution is 5.95. The number of hydrogen-bond acceptors (Lipinski definition) is 3. The Hall–Kier alpha value is -2.82. The van der Waals surface area contributed by atoms with E-state index < -0.39 is 11.3 Å². The van der Waals surface area contributed by atoms with E-state index in [1.54, 1.807) is 0 Å². The Bertz CT molecular complexity index is 736. The van der Waals surface area contributed by atoms with E-state index in [4.69, 9.17) is 5.73 Å². The highest BCUT2D eigenvalue weighted by Crippen LogP contribution is 2.23. The van der Waals surface area contributed by atoms with E-state index in [0.717, 1.165) is 11.3 Å². The van der Waals surface area contributed by atoms with Gasteiger partial charge in [0.05, 0.1) is 6.54 Å². The SMILES string of the molecule is CC(C)(C)C(=O)Nc1cccc(N(CC(N)=O)Cc2ccccc2)c1. The van der Waals surface area contributed by atoms with Crippen molar-refractivity contribution in [3.05, 3.63) is 60.2 Å². The summed E-state index contributed by atoms with van der Waals surface area (Å²) >= 11 is 0. The largest absolute Gasteiger partial charge is 0.368 e. The molecule has 2 amide bonds. The van der Waals surface area contributed by atoms with E-state index in [1.165, 1.54) is 0 Å². The van der Waals surface area contributed by atoms with Crippen molar-refractivity contribution in [2.75, 3.05) is 16.8 Å². The third-order valence-corrected chi connectivity index (χ3v) is 3.71. The van der Waals surface area contributed by atoms with Crippen LogP contribution in [0.3, 0.4) is 0 Å². The first-order valence-corrected chi connectivity index (χ1v) is 8.24. The second kappa shape index (κ2) is 7.83. The molecule has 2 aromatic rings. The first-order chi connectivity index (χ1) is 11.8. The molecule has 0 heterocycles. The number of rotatable bonds is 6. The number of nitrogens with zero attached hydrogens (tertiary/aromatic N) is 1. The molecular formula is C20H25N3O2. The number of hydrogen-bond donors (Lipinski definition) is 2. The zero-order valence-electron chi connectivity index (χ0n) is 15.0. The summed E-state index contributed by atoms with van der Waals surface area (Å²) in [5.41, 5.74) is 7.53. The van der Waals surface area contributed by atoms with E-state index >= 15 is 0 Å². The predicted octanol–water partition coefficient (Wildman–Crippen LogP) is 3.16. The molecule has 0 aliphatic heterocycles. The van der Waals surface area contributed by atoms with Crippen molar-refractivity contribution in [1.82, 2.24) is 0 Å². The molecule has 0 aliphatic rings. The highest BCUT2D eigenvalue weighted by Gasteiger charge is 2.21. The van der Waals surface area contributed by atoms with Crippen LogP contribution in [0.15, 0.2) is 54.6 Å². The highest BCUT2D eigenvalue weighted by atomic mass is 16.2. The van der Waals surface area contributed by atoms with Gasteiger partial charge in [-0.2, -0.15) is 0 Å². The van der Waals surface area contributed by atoms with Crippen LogP contribution in [0.1, 0.15) is 26.3 Å². The summed E-state index contributed by atoms with van der Waals surface area (Å²) in [4.78, 5) is 25.6. The lowest BCUT2D eigenvalue weighted by Crippen LogP contribution is -2.33. The third-order valence-electron chi connectivity index (χ3n) is 3.71. The molecule has 0 bridgehead atoms. The molecule has 25 heavy (non-hydrogen) atoms. The van der Waals surface area contributed by atoms with Gasteiger partial charge in [0, 0.05) is 23.3 Å². The molecule has 2 rings (SSSR count). The van der Waals surface area contributed by atoms with Crippen LogP contribution in [-0.2, 0) is 16.1 Å². The molecule has 3 N–H and O–H groups in total. The van der Waals surface area contributed by atoms with Gasteiger partial charge in [-0.1, -0.05) is 57.2 Å². The number of carbonyl (C=O) groups excluding carboxylic acids is 2. The molecular weight excluding hydrogens is 314 g/mol. The van der Waals surface area contributed by atoms with Crippen molar-refractivity contribution < 1.29 is 9.59 Å². The maximum atomic E-state index is 12.2. The lowest BCUT2D eigenvalue weighted by atomic mass is 9.95. The molecule has 0 aliphatic carbocycles. The molecule has 0 radical (unpaired) electrons. The molecule has 0 saturated carbocycles. The lowest BCUT2D eigenvalue weighted by Gasteiger charge is -2.24. The van der Waals surface area contributed by atoms with Gasteiger partial charge in [-0.15, -0.1) is 0 Å². The number of primary amides is 1. The molecule has 0 atom stereocenters. The van der Waals surface area contributed by atoms with Crippen LogP contribution in [0.5, 0.6) is 0 Å². The average Bonchev–Trinajstić information content (AvgIpc) is 2.54. The summed E-state index contributed by atoms with van der Waals surface area (Å²) in [5.74, 6) is -0.464. The summed E-state index contributed by atoms with van der Waals surface area (Å²) in [6.07, 6.45) is 0. The minimum atomic E-state index is -0.479. The van der Waals surface area contributed by atoms with Gasteiger partial charge in [0.2, 0.25) is 11.8 Å².